The molecule has 1 amide bonds. The molecule has 1 aliphatic rings. The van der Waals surface area contributed by atoms with Crippen LogP contribution in [0.15, 0.2) is 53.3 Å². The van der Waals surface area contributed by atoms with Gasteiger partial charge in [0.15, 0.2) is 6.10 Å². The Balaban J connectivity index is 1.12. The van der Waals surface area contributed by atoms with Crippen molar-refractivity contribution < 1.29 is 24.1 Å². The first-order valence-electron chi connectivity index (χ1n) is 10.9. The maximum absolute atomic E-state index is 12.1. The van der Waals surface area contributed by atoms with Gasteiger partial charge in [-0.2, -0.15) is 0 Å². The molecule has 1 aromatic heterocycles. The number of aromatic nitrogens is 1. The number of carbonyl (C=O) groups is 1. The van der Waals surface area contributed by atoms with Crippen molar-refractivity contribution in [3.8, 4) is 17.4 Å². The third kappa shape index (κ3) is 6.68. The van der Waals surface area contributed by atoms with Crippen molar-refractivity contribution in [2.75, 3.05) is 26.3 Å². The van der Waals surface area contributed by atoms with E-state index in [0.29, 0.717) is 41.8 Å². The number of hydrogen-bond donors (Lipinski definition) is 2. The first-order valence-corrected chi connectivity index (χ1v) is 12.1. The summed E-state index contributed by atoms with van der Waals surface area (Å²) in [4.78, 5) is 27.8. The molecule has 2 aromatic carbocycles. The molecule has 1 atom stereocenters. The van der Waals surface area contributed by atoms with Gasteiger partial charge in [-0.05, 0) is 48.7 Å². The average molecular weight is 505 g/mol. The van der Waals surface area contributed by atoms with E-state index < -0.39 is 0 Å². The lowest BCUT2D eigenvalue weighted by atomic mass is 10.1. The van der Waals surface area contributed by atoms with Gasteiger partial charge in [0.2, 0.25) is 5.88 Å². The molecule has 1 unspecified atom stereocenters. The SMILES string of the molecule is O=C1OC(COc2cccc(Cl)c2)CN1CCCCOc1ccc(Cc2sc(=O)[nH]c2O)cc1. The molecule has 3 aromatic rings. The number of aromatic hydroxyl groups is 1. The Morgan fingerprint density at radius 2 is 1.94 bits per heavy atom. The van der Waals surface area contributed by atoms with Crippen molar-refractivity contribution in [2.24, 2.45) is 0 Å². The molecule has 1 fully saturated rings. The van der Waals surface area contributed by atoms with E-state index in [4.69, 9.17) is 25.8 Å². The lowest BCUT2D eigenvalue weighted by Gasteiger charge is -2.13. The second kappa shape index (κ2) is 11.3. The van der Waals surface area contributed by atoms with E-state index in [1.54, 1.807) is 23.1 Å². The maximum atomic E-state index is 12.1. The molecule has 1 aliphatic heterocycles. The minimum absolute atomic E-state index is 0.0721. The number of carbonyl (C=O) groups excluding carboxylic acids is 1. The van der Waals surface area contributed by atoms with Gasteiger partial charge in [-0.15, -0.1) is 0 Å². The Kier molecular flexibility index (Phi) is 7.97. The quantitative estimate of drug-likeness (QED) is 0.374. The first-order chi connectivity index (χ1) is 16.5. The van der Waals surface area contributed by atoms with Crippen molar-refractivity contribution >= 4 is 29.0 Å². The summed E-state index contributed by atoms with van der Waals surface area (Å²) in [5.74, 6) is 1.32. The van der Waals surface area contributed by atoms with Crippen LogP contribution in [0.2, 0.25) is 5.02 Å². The number of thiazole rings is 1. The summed E-state index contributed by atoms with van der Waals surface area (Å²) in [6.07, 6.45) is 1.43. The van der Waals surface area contributed by atoms with Gasteiger partial charge in [0, 0.05) is 18.0 Å². The maximum Gasteiger partial charge on any atom is 0.410 e. The number of ether oxygens (including phenoxy) is 3. The number of benzene rings is 2. The fraction of sp³-hybridized carbons (Fsp3) is 0.333. The molecule has 180 valence electrons. The Labute approximate surface area is 205 Å². The van der Waals surface area contributed by atoms with Crippen LogP contribution in [-0.2, 0) is 11.2 Å². The zero-order valence-corrected chi connectivity index (χ0v) is 19.9. The van der Waals surface area contributed by atoms with Gasteiger partial charge >= 0.3 is 11.0 Å². The van der Waals surface area contributed by atoms with E-state index in [0.717, 1.165) is 35.5 Å². The molecule has 4 rings (SSSR count). The number of cyclic esters (lactones) is 1. The van der Waals surface area contributed by atoms with E-state index >= 15 is 0 Å². The Hall–Kier alpha value is -3.17. The molecular formula is C24H25ClN2O6S. The molecule has 2 N–H and O–H groups in total. The summed E-state index contributed by atoms with van der Waals surface area (Å²) >= 11 is 6.95. The predicted octanol–water partition coefficient (Wildman–Crippen LogP) is 4.45. The second-order valence-corrected chi connectivity index (χ2v) is 9.39. The third-order valence-electron chi connectivity index (χ3n) is 5.26. The molecule has 0 spiro atoms. The van der Waals surface area contributed by atoms with Crippen LogP contribution in [0, 0.1) is 0 Å². The van der Waals surface area contributed by atoms with Crippen LogP contribution < -0.4 is 14.3 Å². The van der Waals surface area contributed by atoms with Gasteiger partial charge in [-0.25, -0.2) is 4.79 Å². The Morgan fingerprint density at radius 1 is 1.12 bits per heavy atom. The fourth-order valence-corrected chi connectivity index (χ4v) is 4.48. The number of rotatable bonds is 11. The van der Waals surface area contributed by atoms with Crippen molar-refractivity contribution in [1.29, 1.82) is 0 Å². The zero-order valence-electron chi connectivity index (χ0n) is 18.4. The summed E-state index contributed by atoms with van der Waals surface area (Å²) in [7, 11) is 0. The number of hydrogen-bond acceptors (Lipinski definition) is 7. The molecule has 10 heteroatoms. The number of aromatic amines is 1. The highest BCUT2D eigenvalue weighted by molar-refractivity contribution is 7.09. The molecule has 0 aliphatic carbocycles. The summed E-state index contributed by atoms with van der Waals surface area (Å²) < 4.78 is 16.8. The van der Waals surface area contributed by atoms with Crippen LogP contribution in [0.1, 0.15) is 23.3 Å². The van der Waals surface area contributed by atoms with Crippen LogP contribution >= 0.6 is 22.9 Å². The largest absolute Gasteiger partial charge is 0.494 e. The van der Waals surface area contributed by atoms with Crippen molar-refractivity contribution in [3.63, 3.8) is 0 Å². The average Bonchev–Trinajstić information content (AvgIpc) is 3.33. The van der Waals surface area contributed by atoms with Gasteiger partial charge in [-0.3, -0.25) is 9.78 Å². The summed E-state index contributed by atoms with van der Waals surface area (Å²) in [5, 5.41) is 10.3. The molecule has 0 bridgehead atoms. The van der Waals surface area contributed by atoms with E-state index in [2.05, 4.69) is 4.98 Å². The zero-order chi connectivity index (χ0) is 23.9. The van der Waals surface area contributed by atoms with E-state index in [1.165, 1.54) is 0 Å². The van der Waals surface area contributed by atoms with E-state index in [9.17, 15) is 14.7 Å². The highest BCUT2D eigenvalue weighted by Gasteiger charge is 2.31. The van der Waals surface area contributed by atoms with E-state index in [-0.39, 0.29) is 29.6 Å². The Morgan fingerprint density at radius 3 is 2.68 bits per heavy atom. The number of amides is 1. The highest BCUT2D eigenvalue weighted by atomic mass is 35.5. The minimum Gasteiger partial charge on any atom is -0.494 e. The van der Waals surface area contributed by atoms with Crippen LogP contribution in [0.3, 0.4) is 0 Å². The van der Waals surface area contributed by atoms with Gasteiger partial charge in [0.25, 0.3) is 0 Å². The predicted molar refractivity (Wildman–Crippen MR) is 129 cm³/mol. The third-order valence-corrected chi connectivity index (χ3v) is 6.37. The first kappa shape index (κ1) is 24.0. The van der Waals surface area contributed by atoms with Crippen LogP contribution in [0.4, 0.5) is 4.79 Å². The fourth-order valence-electron chi connectivity index (χ4n) is 3.55. The molecule has 2 heterocycles. The number of halogens is 1. The standard InChI is InChI=1S/C24H25ClN2O6S/c25-17-4-3-5-19(13-17)32-15-20-14-27(24(30)33-20)10-1-2-11-31-18-8-6-16(7-9-18)12-21-22(28)26-23(29)34-21/h3-9,13,20,28H,1-2,10-12,14-15H2,(H,26,29). The molecule has 0 saturated carbocycles. The number of nitrogens with zero attached hydrogens (tertiary/aromatic N) is 1. The molecule has 8 nitrogen and oxygen atoms in total. The molecule has 0 radical (unpaired) electrons. The van der Waals surface area contributed by atoms with Gasteiger partial charge in [0.05, 0.1) is 18.0 Å². The monoisotopic (exact) mass is 504 g/mol. The van der Waals surface area contributed by atoms with Crippen LogP contribution in [0.5, 0.6) is 17.4 Å². The normalized spacial score (nSPS) is 15.4. The number of H-pyrrole nitrogens is 1. The van der Waals surface area contributed by atoms with Crippen molar-refractivity contribution in [1.82, 2.24) is 9.88 Å². The summed E-state index contributed by atoms with van der Waals surface area (Å²) in [6.45, 7) is 1.90. The highest BCUT2D eigenvalue weighted by Crippen LogP contribution is 2.22. The smallest absolute Gasteiger partial charge is 0.410 e. The summed E-state index contributed by atoms with van der Waals surface area (Å²) in [6, 6.07) is 14.7. The van der Waals surface area contributed by atoms with Gasteiger partial charge < -0.3 is 24.2 Å². The lowest BCUT2D eigenvalue weighted by molar-refractivity contribution is 0.103. The topological polar surface area (TPSA) is 101 Å². The van der Waals surface area contributed by atoms with Crippen molar-refractivity contribution in [3.05, 3.63) is 73.7 Å². The lowest BCUT2D eigenvalue weighted by Crippen LogP contribution is -2.28. The second-order valence-electron chi connectivity index (χ2n) is 7.88. The van der Waals surface area contributed by atoms with Crippen molar-refractivity contribution in [2.45, 2.75) is 25.4 Å². The Bertz CT molecular complexity index is 1160. The van der Waals surface area contributed by atoms with Gasteiger partial charge in [-0.1, -0.05) is 41.1 Å². The number of nitrogens with one attached hydrogen (secondary N) is 1. The molecule has 34 heavy (non-hydrogen) atoms. The molecular weight excluding hydrogens is 480 g/mol. The molecule has 1 saturated heterocycles. The minimum atomic E-state index is -0.324. The number of unbranched alkanes of at least 4 members (excludes halogenated alkanes) is 1. The van der Waals surface area contributed by atoms with E-state index in [1.807, 2.05) is 30.3 Å². The summed E-state index contributed by atoms with van der Waals surface area (Å²) in [5.41, 5.74) is 0.972. The van der Waals surface area contributed by atoms with Crippen LogP contribution in [-0.4, -0.2) is 53.5 Å². The van der Waals surface area contributed by atoms with Gasteiger partial charge in [0.1, 0.15) is 18.1 Å². The van der Waals surface area contributed by atoms with Crippen LogP contribution in [0.25, 0.3) is 0 Å².